The zero-order valence-corrected chi connectivity index (χ0v) is 14.5. The van der Waals surface area contributed by atoms with E-state index in [4.69, 9.17) is 4.52 Å². The number of anilines is 1. The van der Waals surface area contributed by atoms with Crippen LogP contribution in [0.1, 0.15) is 16.1 Å². The lowest BCUT2D eigenvalue weighted by Gasteiger charge is -2.20. The first kappa shape index (κ1) is 15.8. The number of carbonyl (C=O) groups is 1. The summed E-state index contributed by atoms with van der Waals surface area (Å²) in [7, 11) is 0. The van der Waals surface area contributed by atoms with E-state index in [0.29, 0.717) is 24.9 Å². The predicted octanol–water partition coefficient (Wildman–Crippen LogP) is 3.15. The lowest BCUT2D eigenvalue weighted by Crippen LogP contribution is -2.35. The van der Waals surface area contributed by atoms with E-state index in [-0.39, 0.29) is 5.91 Å². The zero-order valence-electron chi connectivity index (χ0n) is 13.7. The monoisotopic (exact) mass is 354 g/mol. The molecule has 128 valence electrons. The highest BCUT2D eigenvalue weighted by molar-refractivity contribution is 7.12. The molecule has 1 amide bonds. The third kappa shape index (κ3) is 3.41. The third-order valence-corrected chi connectivity index (χ3v) is 5.09. The van der Waals surface area contributed by atoms with Crippen LogP contribution in [-0.2, 0) is 0 Å². The van der Waals surface area contributed by atoms with Gasteiger partial charge in [0.2, 0.25) is 0 Å². The maximum atomic E-state index is 12.5. The summed E-state index contributed by atoms with van der Waals surface area (Å²) in [6, 6.07) is 13.5. The summed E-state index contributed by atoms with van der Waals surface area (Å²) < 4.78 is 5.40. The lowest BCUT2D eigenvalue weighted by molar-refractivity contribution is 0.0772. The first-order valence-corrected chi connectivity index (χ1v) is 9.16. The van der Waals surface area contributed by atoms with Crippen molar-refractivity contribution in [2.75, 3.05) is 31.1 Å². The van der Waals surface area contributed by atoms with Gasteiger partial charge in [-0.2, -0.15) is 4.98 Å². The summed E-state index contributed by atoms with van der Waals surface area (Å²) in [5, 5.41) is 6.05. The fraction of sp³-hybridized carbons (Fsp3) is 0.278. The number of nitrogens with zero attached hydrogens (tertiary/aromatic N) is 4. The number of hydrogen-bond donors (Lipinski definition) is 0. The fourth-order valence-electron chi connectivity index (χ4n) is 2.92. The van der Waals surface area contributed by atoms with E-state index in [0.717, 1.165) is 30.0 Å². The average Bonchev–Trinajstić information content (AvgIpc) is 3.30. The quantitative estimate of drug-likeness (QED) is 0.723. The molecule has 2 aromatic heterocycles. The van der Waals surface area contributed by atoms with Crippen LogP contribution in [-0.4, -0.2) is 47.1 Å². The topological polar surface area (TPSA) is 62.5 Å². The van der Waals surface area contributed by atoms with E-state index in [9.17, 15) is 4.79 Å². The molecule has 0 saturated carbocycles. The van der Waals surface area contributed by atoms with Crippen LogP contribution in [0, 0.1) is 0 Å². The second kappa shape index (κ2) is 7.06. The van der Waals surface area contributed by atoms with Gasteiger partial charge >= 0.3 is 0 Å². The second-order valence-corrected chi connectivity index (χ2v) is 6.82. The number of carbonyl (C=O) groups excluding carboxylic acids is 1. The molecule has 1 fully saturated rings. The van der Waals surface area contributed by atoms with Crippen LogP contribution in [0.15, 0.2) is 52.4 Å². The number of aromatic nitrogens is 2. The Balaban J connectivity index is 1.45. The summed E-state index contributed by atoms with van der Waals surface area (Å²) in [6.45, 7) is 2.91. The summed E-state index contributed by atoms with van der Waals surface area (Å²) in [4.78, 5) is 21.8. The minimum absolute atomic E-state index is 0.106. The largest absolute Gasteiger partial charge is 0.336 e. The second-order valence-electron chi connectivity index (χ2n) is 5.88. The van der Waals surface area contributed by atoms with E-state index in [2.05, 4.69) is 15.0 Å². The van der Waals surface area contributed by atoms with Crippen molar-refractivity contribution in [3.8, 4) is 11.5 Å². The van der Waals surface area contributed by atoms with Crippen molar-refractivity contribution < 1.29 is 9.32 Å². The van der Waals surface area contributed by atoms with Gasteiger partial charge in [0.05, 0.1) is 4.88 Å². The molecular formula is C18H18N4O2S. The molecule has 0 radical (unpaired) electrons. The SMILES string of the molecule is O=C(c1cccs1)N1CCCN(c2noc(-c3ccccc3)n2)CC1. The summed E-state index contributed by atoms with van der Waals surface area (Å²) in [5.74, 6) is 1.21. The highest BCUT2D eigenvalue weighted by Gasteiger charge is 2.23. The fourth-order valence-corrected chi connectivity index (χ4v) is 3.61. The summed E-state index contributed by atoms with van der Waals surface area (Å²) in [6.07, 6.45) is 0.881. The van der Waals surface area contributed by atoms with Gasteiger partial charge in [0.25, 0.3) is 17.7 Å². The molecule has 0 spiro atoms. The van der Waals surface area contributed by atoms with Crippen LogP contribution >= 0.6 is 11.3 Å². The van der Waals surface area contributed by atoms with Gasteiger partial charge in [-0.1, -0.05) is 24.3 Å². The van der Waals surface area contributed by atoms with Gasteiger partial charge in [-0.15, -0.1) is 11.3 Å². The van der Waals surface area contributed by atoms with Crippen LogP contribution < -0.4 is 4.90 Å². The molecule has 1 saturated heterocycles. The molecule has 1 aliphatic rings. The Bertz CT molecular complexity index is 832. The summed E-state index contributed by atoms with van der Waals surface area (Å²) in [5.41, 5.74) is 0.908. The molecule has 0 bridgehead atoms. The molecule has 3 aromatic rings. The van der Waals surface area contributed by atoms with Crippen molar-refractivity contribution in [1.29, 1.82) is 0 Å². The molecule has 0 aliphatic carbocycles. The van der Waals surface area contributed by atoms with Crippen LogP contribution in [0.2, 0.25) is 0 Å². The molecule has 25 heavy (non-hydrogen) atoms. The smallest absolute Gasteiger partial charge is 0.266 e. The molecule has 0 atom stereocenters. The molecule has 0 unspecified atom stereocenters. The standard InChI is InChI=1S/C18H18N4O2S/c23-17(15-8-4-13-25-15)21-9-5-10-22(12-11-21)18-19-16(24-20-18)14-6-2-1-3-7-14/h1-4,6-8,13H,5,9-12H2. The van der Waals surface area contributed by atoms with Crippen molar-refractivity contribution in [3.63, 3.8) is 0 Å². The van der Waals surface area contributed by atoms with Gasteiger partial charge < -0.3 is 14.3 Å². The van der Waals surface area contributed by atoms with Crippen molar-refractivity contribution in [2.24, 2.45) is 0 Å². The normalized spacial score (nSPS) is 15.2. The number of thiophene rings is 1. The van der Waals surface area contributed by atoms with Gasteiger partial charge in [-0.05, 0) is 35.2 Å². The Hall–Kier alpha value is -2.67. The van der Waals surface area contributed by atoms with Crippen molar-refractivity contribution in [1.82, 2.24) is 15.0 Å². The number of benzene rings is 1. The highest BCUT2D eigenvalue weighted by atomic mass is 32.1. The van der Waals surface area contributed by atoms with Crippen LogP contribution in [0.4, 0.5) is 5.95 Å². The molecule has 4 rings (SSSR count). The number of rotatable bonds is 3. The number of amides is 1. The molecule has 6 nitrogen and oxygen atoms in total. The minimum atomic E-state index is 0.106. The van der Waals surface area contributed by atoms with Crippen molar-refractivity contribution in [3.05, 3.63) is 52.7 Å². The van der Waals surface area contributed by atoms with Crippen LogP contribution in [0.3, 0.4) is 0 Å². The van der Waals surface area contributed by atoms with E-state index in [1.54, 1.807) is 0 Å². The highest BCUT2D eigenvalue weighted by Crippen LogP contribution is 2.21. The molecule has 7 heteroatoms. The Morgan fingerprint density at radius 2 is 1.92 bits per heavy atom. The Labute approximate surface area is 149 Å². The van der Waals surface area contributed by atoms with Crippen molar-refractivity contribution >= 4 is 23.2 Å². The maximum Gasteiger partial charge on any atom is 0.266 e. The Morgan fingerprint density at radius 3 is 2.72 bits per heavy atom. The van der Waals surface area contributed by atoms with E-state index in [1.165, 1.54) is 11.3 Å². The Morgan fingerprint density at radius 1 is 1.04 bits per heavy atom. The maximum absolute atomic E-state index is 12.5. The van der Waals surface area contributed by atoms with Gasteiger partial charge in [-0.3, -0.25) is 4.79 Å². The van der Waals surface area contributed by atoms with E-state index < -0.39 is 0 Å². The summed E-state index contributed by atoms with van der Waals surface area (Å²) >= 11 is 1.49. The molecule has 1 aliphatic heterocycles. The average molecular weight is 354 g/mol. The third-order valence-electron chi connectivity index (χ3n) is 4.23. The van der Waals surface area contributed by atoms with Crippen LogP contribution in [0.25, 0.3) is 11.5 Å². The van der Waals surface area contributed by atoms with Crippen molar-refractivity contribution in [2.45, 2.75) is 6.42 Å². The van der Waals surface area contributed by atoms with E-state index in [1.807, 2.05) is 52.7 Å². The first-order chi connectivity index (χ1) is 12.3. The molecular weight excluding hydrogens is 336 g/mol. The van der Waals surface area contributed by atoms with Gasteiger partial charge in [0.15, 0.2) is 0 Å². The van der Waals surface area contributed by atoms with Gasteiger partial charge in [-0.25, -0.2) is 0 Å². The zero-order chi connectivity index (χ0) is 17.1. The Kier molecular flexibility index (Phi) is 4.47. The molecule has 1 aromatic carbocycles. The lowest BCUT2D eigenvalue weighted by atomic mass is 10.2. The first-order valence-electron chi connectivity index (χ1n) is 8.28. The molecule has 3 heterocycles. The van der Waals surface area contributed by atoms with Gasteiger partial charge in [0.1, 0.15) is 0 Å². The predicted molar refractivity (Wildman–Crippen MR) is 96.8 cm³/mol. The van der Waals surface area contributed by atoms with Crippen LogP contribution in [0.5, 0.6) is 0 Å². The molecule has 0 N–H and O–H groups in total. The van der Waals surface area contributed by atoms with Gasteiger partial charge in [0, 0.05) is 31.7 Å². The number of hydrogen-bond acceptors (Lipinski definition) is 6. The van der Waals surface area contributed by atoms with E-state index >= 15 is 0 Å². The minimum Gasteiger partial charge on any atom is -0.336 e.